The van der Waals surface area contributed by atoms with Crippen LogP contribution in [0.3, 0.4) is 0 Å². The topological polar surface area (TPSA) is 17.8 Å². The molecule has 0 radical (unpaired) electrons. The fourth-order valence-corrected chi connectivity index (χ4v) is 1.48. The molecule has 0 saturated carbocycles. The molecule has 0 unspecified atom stereocenters. The molecule has 0 amide bonds. The van der Waals surface area contributed by atoms with Gasteiger partial charge in [-0.05, 0) is 36.2 Å². The molecule has 11 heavy (non-hydrogen) atoms. The molecule has 0 aliphatic carbocycles. The van der Waals surface area contributed by atoms with Crippen LogP contribution in [0.4, 0.5) is 0 Å². The third-order valence-corrected chi connectivity index (χ3v) is 2.28. The Bertz CT molecular complexity index is 240. The normalized spacial score (nSPS) is 11.0. The molecule has 62 valence electrons. The first kappa shape index (κ1) is 8.78. The van der Waals surface area contributed by atoms with E-state index in [-0.39, 0.29) is 0 Å². The molecule has 1 aromatic rings. The van der Waals surface area contributed by atoms with Gasteiger partial charge in [0.25, 0.3) is 0 Å². The Labute approximate surface area is 75.7 Å². The van der Waals surface area contributed by atoms with Gasteiger partial charge in [0.15, 0.2) is 0 Å². The maximum Gasteiger partial charge on any atom is 0.0763 e. The molecule has 0 spiro atoms. The van der Waals surface area contributed by atoms with E-state index in [9.17, 15) is 0 Å². The van der Waals surface area contributed by atoms with Crippen LogP contribution in [0.15, 0.2) is 10.7 Å². The second kappa shape index (κ2) is 3.39. The quantitative estimate of drug-likeness (QED) is 0.744. The average molecular weight is 217 g/mol. The van der Waals surface area contributed by atoms with Crippen molar-refractivity contribution in [2.24, 2.45) is 0 Å². The fourth-order valence-electron chi connectivity index (χ4n) is 0.911. The molecule has 0 aromatic carbocycles. The zero-order valence-corrected chi connectivity index (χ0v) is 8.72. The minimum atomic E-state index is 0.451. The molecule has 1 heterocycles. The lowest BCUT2D eigenvalue weighted by atomic mass is 10.3. The van der Waals surface area contributed by atoms with Crippen LogP contribution in [0.1, 0.15) is 32.5 Å². The molecular weight excluding hydrogens is 204 g/mol. The molecule has 1 rings (SSSR count). The van der Waals surface area contributed by atoms with Gasteiger partial charge in [-0.15, -0.1) is 0 Å². The molecule has 0 saturated heterocycles. The molecule has 0 bridgehead atoms. The van der Waals surface area contributed by atoms with Crippen molar-refractivity contribution in [2.75, 3.05) is 0 Å². The lowest BCUT2D eigenvalue weighted by Crippen LogP contribution is -2.01. The molecule has 0 atom stereocenters. The Morgan fingerprint density at radius 3 is 2.55 bits per heavy atom. The van der Waals surface area contributed by atoms with Gasteiger partial charge in [0, 0.05) is 12.2 Å². The zero-order chi connectivity index (χ0) is 8.43. The van der Waals surface area contributed by atoms with E-state index in [1.807, 2.05) is 10.9 Å². The van der Waals surface area contributed by atoms with Crippen molar-refractivity contribution in [3.63, 3.8) is 0 Å². The predicted molar refractivity (Wildman–Crippen MR) is 49.7 cm³/mol. The maximum atomic E-state index is 4.40. The van der Waals surface area contributed by atoms with Crippen molar-refractivity contribution in [1.82, 2.24) is 9.78 Å². The second-order valence-corrected chi connectivity index (χ2v) is 3.71. The highest BCUT2D eigenvalue weighted by atomic mass is 79.9. The zero-order valence-electron chi connectivity index (χ0n) is 7.13. The summed E-state index contributed by atoms with van der Waals surface area (Å²) in [6.45, 7) is 6.36. The Morgan fingerprint density at radius 1 is 1.64 bits per heavy atom. The van der Waals surface area contributed by atoms with E-state index in [1.54, 1.807) is 0 Å². The lowest BCUT2D eigenvalue weighted by Gasteiger charge is -2.02. The number of rotatable bonds is 2. The Morgan fingerprint density at radius 2 is 2.27 bits per heavy atom. The minimum absolute atomic E-state index is 0.451. The summed E-state index contributed by atoms with van der Waals surface area (Å²) in [6, 6.07) is 0.451. The summed E-state index contributed by atoms with van der Waals surface area (Å²) in [4.78, 5) is 0. The van der Waals surface area contributed by atoms with Crippen LogP contribution < -0.4 is 0 Å². The lowest BCUT2D eigenvalue weighted by molar-refractivity contribution is 0.527. The predicted octanol–water partition coefficient (Wildman–Crippen LogP) is 2.79. The average Bonchev–Trinajstić information content (AvgIpc) is 2.31. The number of aryl methyl sites for hydroxylation is 1. The van der Waals surface area contributed by atoms with E-state index in [1.165, 1.54) is 0 Å². The number of nitrogens with zero attached hydrogens (tertiary/aromatic N) is 2. The van der Waals surface area contributed by atoms with E-state index >= 15 is 0 Å². The summed E-state index contributed by atoms with van der Waals surface area (Å²) in [5.74, 6) is 0. The number of hydrogen-bond acceptors (Lipinski definition) is 1. The Balaban J connectivity index is 2.95. The van der Waals surface area contributed by atoms with E-state index < -0.39 is 0 Å². The van der Waals surface area contributed by atoms with Crippen LogP contribution in [0.5, 0.6) is 0 Å². The van der Waals surface area contributed by atoms with Crippen LogP contribution in [-0.2, 0) is 6.42 Å². The van der Waals surface area contributed by atoms with Crippen molar-refractivity contribution in [2.45, 2.75) is 33.2 Å². The SMILES string of the molecule is CCc1nn(C(C)C)cc1Br. The first-order valence-corrected chi connectivity index (χ1v) is 4.68. The van der Waals surface area contributed by atoms with E-state index in [0.717, 1.165) is 16.6 Å². The van der Waals surface area contributed by atoms with Crippen LogP contribution in [0.25, 0.3) is 0 Å². The van der Waals surface area contributed by atoms with E-state index in [0.29, 0.717) is 6.04 Å². The van der Waals surface area contributed by atoms with Crippen molar-refractivity contribution < 1.29 is 0 Å². The van der Waals surface area contributed by atoms with Gasteiger partial charge in [-0.3, -0.25) is 4.68 Å². The van der Waals surface area contributed by atoms with Gasteiger partial charge in [-0.1, -0.05) is 6.92 Å². The van der Waals surface area contributed by atoms with Crippen LogP contribution in [-0.4, -0.2) is 9.78 Å². The highest BCUT2D eigenvalue weighted by molar-refractivity contribution is 9.10. The summed E-state index contributed by atoms with van der Waals surface area (Å²) in [6.07, 6.45) is 3.02. The molecule has 0 N–H and O–H groups in total. The monoisotopic (exact) mass is 216 g/mol. The number of aromatic nitrogens is 2. The summed E-state index contributed by atoms with van der Waals surface area (Å²) in [7, 11) is 0. The van der Waals surface area contributed by atoms with E-state index in [2.05, 4.69) is 41.8 Å². The third kappa shape index (κ3) is 1.83. The molecule has 2 nitrogen and oxygen atoms in total. The van der Waals surface area contributed by atoms with Crippen molar-refractivity contribution in [1.29, 1.82) is 0 Å². The first-order valence-electron chi connectivity index (χ1n) is 3.88. The van der Waals surface area contributed by atoms with Crippen LogP contribution in [0, 0.1) is 0 Å². The molecule has 1 aromatic heterocycles. The Hall–Kier alpha value is -0.310. The standard InChI is InChI=1S/C8H13BrN2/c1-4-8-7(9)5-11(10-8)6(2)3/h5-6H,4H2,1-3H3. The molecule has 0 aliphatic heterocycles. The van der Waals surface area contributed by atoms with Gasteiger partial charge in [-0.25, -0.2) is 0 Å². The van der Waals surface area contributed by atoms with Crippen molar-refractivity contribution in [3.05, 3.63) is 16.4 Å². The summed E-state index contributed by atoms with van der Waals surface area (Å²) >= 11 is 3.46. The Kier molecular flexibility index (Phi) is 2.71. The van der Waals surface area contributed by atoms with Crippen LogP contribution in [0.2, 0.25) is 0 Å². The van der Waals surface area contributed by atoms with Crippen LogP contribution >= 0.6 is 15.9 Å². The van der Waals surface area contributed by atoms with Gasteiger partial charge in [-0.2, -0.15) is 5.10 Å². The molecular formula is C8H13BrN2. The third-order valence-electron chi connectivity index (χ3n) is 1.62. The van der Waals surface area contributed by atoms with Gasteiger partial charge in [0.2, 0.25) is 0 Å². The van der Waals surface area contributed by atoms with Gasteiger partial charge in [0.05, 0.1) is 10.2 Å². The first-order chi connectivity index (χ1) is 5.15. The summed E-state index contributed by atoms with van der Waals surface area (Å²) in [5, 5.41) is 4.40. The smallest absolute Gasteiger partial charge is 0.0763 e. The van der Waals surface area contributed by atoms with E-state index in [4.69, 9.17) is 0 Å². The maximum absolute atomic E-state index is 4.40. The number of hydrogen-bond donors (Lipinski definition) is 0. The molecule has 0 aliphatic rings. The highest BCUT2D eigenvalue weighted by Gasteiger charge is 2.05. The van der Waals surface area contributed by atoms with Crippen molar-refractivity contribution >= 4 is 15.9 Å². The largest absolute Gasteiger partial charge is 0.269 e. The van der Waals surface area contributed by atoms with Crippen molar-refractivity contribution in [3.8, 4) is 0 Å². The molecule has 0 fully saturated rings. The fraction of sp³-hybridized carbons (Fsp3) is 0.625. The van der Waals surface area contributed by atoms with Gasteiger partial charge in [0.1, 0.15) is 0 Å². The van der Waals surface area contributed by atoms with Gasteiger partial charge < -0.3 is 0 Å². The molecule has 3 heteroatoms. The van der Waals surface area contributed by atoms with Gasteiger partial charge >= 0.3 is 0 Å². The number of halogens is 1. The minimum Gasteiger partial charge on any atom is -0.269 e. The summed E-state index contributed by atoms with van der Waals surface area (Å²) < 4.78 is 3.09. The summed E-state index contributed by atoms with van der Waals surface area (Å²) in [5.41, 5.74) is 1.14. The second-order valence-electron chi connectivity index (χ2n) is 2.85. The highest BCUT2D eigenvalue weighted by Crippen LogP contribution is 2.17.